The molecule has 4 rings (SSSR count). The van der Waals surface area contributed by atoms with Gasteiger partial charge >= 0.3 is 0 Å². The van der Waals surface area contributed by atoms with Gasteiger partial charge in [0.2, 0.25) is 0 Å². The highest BCUT2D eigenvalue weighted by Crippen LogP contribution is 2.41. The molecule has 0 amide bonds. The molecule has 1 heterocycles. The summed E-state index contributed by atoms with van der Waals surface area (Å²) in [6.45, 7) is 0.962. The summed E-state index contributed by atoms with van der Waals surface area (Å²) in [5, 5.41) is 0. The summed E-state index contributed by atoms with van der Waals surface area (Å²) < 4.78 is 0. The van der Waals surface area contributed by atoms with Gasteiger partial charge in [0.1, 0.15) is 0 Å². The van der Waals surface area contributed by atoms with E-state index in [-0.39, 0.29) is 0 Å². The highest BCUT2D eigenvalue weighted by molar-refractivity contribution is 5.82. The predicted octanol–water partition coefficient (Wildman–Crippen LogP) is 4.15. The molecule has 0 fully saturated rings. The maximum atomic E-state index is 2.32. The van der Waals surface area contributed by atoms with Crippen LogP contribution in [0, 0.1) is 0 Å². The Morgan fingerprint density at radius 2 is 1.74 bits per heavy atom. The van der Waals surface area contributed by atoms with Gasteiger partial charge in [-0.3, -0.25) is 0 Å². The fourth-order valence-corrected chi connectivity index (χ4v) is 3.06. The Hall–Kier alpha value is -2.28. The summed E-state index contributed by atoms with van der Waals surface area (Å²) in [4.78, 5) is 2.32. The van der Waals surface area contributed by atoms with E-state index in [2.05, 4.69) is 71.8 Å². The second-order valence-corrected chi connectivity index (χ2v) is 5.06. The van der Waals surface area contributed by atoms with Gasteiger partial charge in [-0.2, -0.15) is 0 Å². The maximum Gasteiger partial charge on any atom is 0.0451 e. The zero-order valence-corrected chi connectivity index (χ0v) is 10.7. The Balaban J connectivity index is 1.85. The smallest absolute Gasteiger partial charge is 0.0451 e. The minimum atomic E-state index is 0.962. The third kappa shape index (κ3) is 1.62. The summed E-state index contributed by atoms with van der Waals surface area (Å²) in [7, 11) is 0. The van der Waals surface area contributed by atoms with Gasteiger partial charge in [0.05, 0.1) is 0 Å². The largest absolute Gasteiger partial charge is 0.344 e. The third-order valence-corrected chi connectivity index (χ3v) is 3.95. The van der Waals surface area contributed by atoms with E-state index in [1.54, 1.807) is 0 Å². The van der Waals surface area contributed by atoms with Crippen molar-refractivity contribution in [2.45, 2.75) is 6.42 Å². The van der Waals surface area contributed by atoms with E-state index in [0.29, 0.717) is 0 Å². The molecule has 2 aromatic carbocycles. The fourth-order valence-electron chi connectivity index (χ4n) is 3.06. The van der Waals surface area contributed by atoms with Crippen LogP contribution in [-0.4, -0.2) is 6.54 Å². The standard InChI is InChI=1S/C18H15N/c1-4-11-19(12-5-1)18-10-6-9-16-15-8-3-2-7-14(15)13-17(16)18/h1-11H,12-13H2. The van der Waals surface area contributed by atoms with Crippen LogP contribution in [0.3, 0.4) is 0 Å². The lowest BCUT2D eigenvalue weighted by atomic mass is 10.0. The van der Waals surface area contributed by atoms with Gasteiger partial charge in [-0.1, -0.05) is 48.6 Å². The van der Waals surface area contributed by atoms with Crippen molar-refractivity contribution in [1.29, 1.82) is 0 Å². The molecule has 0 atom stereocenters. The maximum absolute atomic E-state index is 2.32. The molecule has 2 aliphatic rings. The van der Waals surface area contributed by atoms with Gasteiger partial charge in [-0.25, -0.2) is 0 Å². The topological polar surface area (TPSA) is 3.24 Å². The first-order valence-corrected chi connectivity index (χ1v) is 6.73. The normalized spacial score (nSPS) is 15.5. The van der Waals surface area contributed by atoms with E-state index < -0.39 is 0 Å². The molecule has 0 saturated heterocycles. The van der Waals surface area contributed by atoms with Gasteiger partial charge < -0.3 is 4.90 Å². The SMILES string of the molecule is C1=CCN(c2cccc3c2Cc2ccccc2-3)C=C1. The van der Waals surface area contributed by atoms with Crippen LogP contribution in [0.15, 0.2) is 66.9 Å². The molecule has 0 bridgehead atoms. The molecule has 2 aromatic rings. The second kappa shape index (κ2) is 4.13. The van der Waals surface area contributed by atoms with E-state index in [9.17, 15) is 0 Å². The molecule has 0 saturated carbocycles. The van der Waals surface area contributed by atoms with Crippen molar-refractivity contribution in [1.82, 2.24) is 0 Å². The van der Waals surface area contributed by atoms with E-state index >= 15 is 0 Å². The number of hydrogen-bond donors (Lipinski definition) is 0. The van der Waals surface area contributed by atoms with Gasteiger partial charge in [-0.15, -0.1) is 0 Å². The van der Waals surface area contributed by atoms with Crippen molar-refractivity contribution in [3.8, 4) is 11.1 Å². The number of hydrogen-bond acceptors (Lipinski definition) is 1. The zero-order chi connectivity index (χ0) is 12.7. The summed E-state index contributed by atoms with van der Waals surface area (Å²) in [5.74, 6) is 0. The van der Waals surface area contributed by atoms with Crippen LogP contribution in [0.5, 0.6) is 0 Å². The van der Waals surface area contributed by atoms with Crippen LogP contribution in [0.1, 0.15) is 11.1 Å². The van der Waals surface area contributed by atoms with Crippen molar-refractivity contribution in [3.63, 3.8) is 0 Å². The first-order chi connectivity index (χ1) is 9.43. The van der Waals surface area contributed by atoms with Crippen molar-refractivity contribution >= 4 is 5.69 Å². The van der Waals surface area contributed by atoms with Crippen molar-refractivity contribution in [2.75, 3.05) is 11.4 Å². The van der Waals surface area contributed by atoms with Gasteiger partial charge in [0, 0.05) is 24.9 Å². The van der Waals surface area contributed by atoms with Crippen LogP contribution in [0.2, 0.25) is 0 Å². The Morgan fingerprint density at radius 1 is 0.842 bits per heavy atom. The number of anilines is 1. The highest BCUT2D eigenvalue weighted by Gasteiger charge is 2.22. The van der Waals surface area contributed by atoms with E-state index in [1.807, 2.05) is 0 Å². The van der Waals surface area contributed by atoms with E-state index in [1.165, 1.54) is 27.9 Å². The number of fused-ring (bicyclic) bond motifs is 3. The lowest BCUT2D eigenvalue weighted by Crippen LogP contribution is -2.18. The Bertz CT molecular complexity index is 695. The van der Waals surface area contributed by atoms with Gasteiger partial charge in [0.15, 0.2) is 0 Å². The Morgan fingerprint density at radius 3 is 2.63 bits per heavy atom. The summed E-state index contributed by atoms with van der Waals surface area (Å²) in [6.07, 6.45) is 9.62. The second-order valence-electron chi connectivity index (χ2n) is 5.06. The molecule has 1 aliphatic carbocycles. The van der Waals surface area contributed by atoms with Crippen molar-refractivity contribution in [3.05, 3.63) is 78.0 Å². The molecule has 0 N–H and O–H groups in total. The van der Waals surface area contributed by atoms with E-state index in [0.717, 1.165) is 13.0 Å². The van der Waals surface area contributed by atoms with Crippen LogP contribution in [0.4, 0.5) is 5.69 Å². The summed E-state index contributed by atoms with van der Waals surface area (Å²) in [6, 6.07) is 15.4. The third-order valence-electron chi connectivity index (χ3n) is 3.95. The molecule has 1 heteroatoms. The van der Waals surface area contributed by atoms with Crippen LogP contribution in [-0.2, 0) is 6.42 Å². The quantitative estimate of drug-likeness (QED) is 0.622. The molecular formula is C18H15N. The molecular weight excluding hydrogens is 230 g/mol. The monoisotopic (exact) mass is 245 g/mol. The zero-order valence-electron chi connectivity index (χ0n) is 10.7. The minimum Gasteiger partial charge on any atom is -0.344 e. The highest BCUT2D eigenvalue weighted by atomic mass is 15.1. The first-order valence-electron chi connectivity index (χ1n) is 6.73. The average molecular weight is 245 g/mol. The summed E-state index contributed by atoms with van der Waals surface area (Å²) >= 11 is 0. The predicted molar refractivity (Wildman–Crippen MR) is 80.3 cm³/mol. The molecule has 0 radical (unpaired) electrons. The lowest BCUT2D eigenvalue weighted by molar-refractivity contribution is 1.05. The molecule has 92 valence electrons. The van der Waals surface area contributed by atoms with Crippen LogP contribution >= 0.6 is 0 Å². The number of benzene rings is 2. The molecule has 0 unspecified atom stereocenters. The molecule has 1 aliphatic heterocycles. The van der Waals surface area contributed by atoms with E-state index in [4.69, 9.17) is 0 Å². The number of rotatable bonds is 1. The van der Waals surface area contributed by atoms with Crippen molar-refractivity contribution < 1.29 is 0 Å². The fraction of sp³-hybridized carbons (Fsp3) is 0.111. The van der Waals surface area contributed by atoms with Crippen LogP contribution < -0.4 is 4.90 Å². The number of nitrogens with zero attached hydrogens (tertiary/aromatic N) is 1. The first kappa shape index (κ1) is 10.6. The Kier molecular flexibility index (Phi) is 2.31. The number of allylic oxidation sites excluding steroid dienone is 2. The van der Waals surface area contributed by atoms with Crippen molar-refractivity contribution in [2.24, 2.45) is 0 Å². The molecule has 19 heavy (non-hydrogen) atoms. The van der Waals surface area contributed by atoms with Crippen LogP contribution in [0.25, 0.3) is 11.1 Å². The average Bonchev–Trinajstić information content (AvgIpc) is 2.87. The lowest BCUT2D eigenvalue weighted by Gasteiger charge is -2.23. The minimum absolute atomic E-state index is 0.962. The summed E-state index contributed by atoms with van der Waals surface area (Å²) in [5.41, 5.74) is 7.05. The molecule has 0 spiro atoms. The Labute approximate surface area is 113 Å². The van der Waals surface area contributed by atoms with Gasteiger partial charge in [-0.05, 0) is 34.4 Å². The molecule has 0 aromatic heterocycles. The molecule has 1 nitrogen and oxygen atoms in total. The van der Waals surface area contributed by atoms with Gasteiger partial charge in [0.25, 0.3) is 0 Å².